The van der Waals surface area contributed by atoms with Crippen LogP contribution in [0, 0.1) is 29.6 Å². The molecule has 4 fully saturated rings. The minimum absolute atomic E-state index is 0.0113. The molecule has 4 bridgehead atoms. The van der Waals surface area contributed by atoms with Crippen LogP contribution in [-0.2, 0) is 11.3 Å². The van der Waals surface area contributed by atoms with Crippen molar-refractivity contribution in [1.29, 1.82) is 0 Å². The van der Waals surface area contributed by atoms with Crippen molar-refractivity contribution in [1.82, 2.24) is 0 Å². The zero-order valence-electron chi connectivity index (χ0n) is 14.2. The van der Waals surface area contributed by atoms with Gasteiger partial charge in [-0.3, -0.25) is 0 Å². The highest BCUT2D eigenvalue weighted by Gasteiger charge is 2.85. The molecule has 4 aliphatic rings. The van der Waals surface area contributed by atoms with Gasteiger partial charge in [0.15, 0.2) is 0 Å². The summed E-state index contributed by atoms with van der Waals surface area (Å²) in [5, 5.41) is 33.8. The molecule has 0 heterocycles. The first-order valence-electron chi connectivity index (χ1n) is 9.13. The van der Waals surface area contributed by atoms with Crippen LogP contribution in [0.5, 0.6) is 0 Å². The van der Waals surface area contributed by atoms with Gasteiger partial charge in [-0.1, -0.05) is 37.3 Å². The first-order valence-corrected chi connectivity index (χ1v) is 9.13. The van der Waals surface area contributed by atoms with E-state index in [1.54, 1.807) is 0 Å². The lowest BCUT2D eigenvalue weighted by Gasteiger charge is -2.46. The number of benzene rings is 1. The van der Waals surface area contributed by atoms with E-state index in [1.165, 1.54) is 0 Å². The van der Waals surface area contributed by atoms with Gasteiger partial charge < -0.3 is 20.1 Å². The van der Waals surface area contributed by atoms with Gasteiger partial charge in [-0.2, -0.15) is 0 Å². The van der Waals surface area contributed by atoms with E-state index in [-0.39, 0.29) is 35.7 Å². The van der Waals surface area contributed by atoms with Gasteiger partial charge in [0.2, 0.25) is 0 Å². The minimum atomic E-state index is -1.16. The normalized spacial score (nSPS) is 57.0. The quantitative estimate of drug-likeness (QED) is 0.789. The Labute approximate surface area is 142 Å². The van der Waals surface area contributed by atoms with Crippen molar-refractivity contribution in [3.8, 4) is 0 Å². The molecule has 1 aromatic rings. The summed E-state index contributed by atoms with van der Waals surface area (Å²) in [6.45, 7) is 4.37. The summed E-state index contributed by atoms with van der Waals surface area (Å²) in [4.78, 5) is 0. The third kappa shape index (κ3) is 1.50. The second-order valence-electron chi connectivity index (χ2n) is 8.86. The molecular weight excluding hydrogens is 304 g/mol. The van der Waals surface area contributed by atoms with Crippen LogP contribution in [0.3, 0.4) is 0 Å². The molecule has 4 nitrogen and oxygen atoms in total. The van der Waals surface area contributed by atoms with Crippen LogP contribution >= 0.6 is 0 Å². The zero-order valence-corrected chi connectivity index (χ0v) is 14.2. The van der Waals surface area contributed by atoms with Gasteiger partial charge >= 0.3 is 0 Å². The van der Waals surface area contributed by atoms with Crippen LogP contribution < -0.4 is 0 Å². The summed E-state index contributed by atoms with van der Waals surface area (Å²) in [5.41, 5.74) is -2.09. The van der Waals surface area contributed by atoms with Crippen LogP contribution in [-0.4, -0.2) is 38.2 Å². The van der Waals surface area contributed by atoms with Crippen molar-refractivity contribution in [3.05, 3.63) is 35.9 Å². The van der Waals surface area contributed by atoms with E-state index in [1.807, 2.05) is 44.2 Å². The molecule has 9 atom stereocenters. The Hall–Kier alpha value is -0.940. The molecule has 130 valence electrons. The van der Waals surface area contributed by atoms with Crippen LogP contribution in [0.2, 0.25) is 0 Å². The smallest absolute Gasteiger partial charge is 0.0999 e. The van der Waals surface area contributed by atoms with Gasteiger partial charge in [0.25, 0.3) is 0 Å². The summed E-state index contributed by atoms with van der Waals surface area (Å²) in [5.74, 6) is 0.0473. The van der Waals surface area contributed by atoms with E-state index >= 15 is 0 Å². The van der Waals surface area contributed by atoms with E-state index < -0.39 is 16.8 Å². The van der Waals surface area contributed by atoms with Gasteiger partial charge in [0, 0.05) is 11.8 Å². The molecule has 0 radical (unpaired) electrons. The largest absolute Gasteiger partial charge is 0.389 e. The maximum Gasteiger partial charge on any atom is 0.0999 e. The highest BCUT2D eigenvalue weighted by atomic mass is 16.5. The van der Waals surface area contributed by atoms with Crippen molar-refractivity contribution in [2.24, 2.45) is 29.6 Å². The Balaban J connectivity index is 1.50. The predicted octanol–water partition coefficient (Wildman–Crippen LogP) is 1.72. The maximum atomic E-state index is 11.4. The van der Waals surface area contributed by atoms with E-state index in [0.717, 1.165) is 5.56 Å². The van der Waals surface area contributed by atoms with Gasteiger partial charge in [0.1, 0.15) is 0 Å². The van der Waals surface area contributed by atoms with E-state index in [9.17, 15) is 15.3 Å². The van der Waals surface area contributed by atoms with E-state index in [4.69, 9.17) is 4.74 Å². The summed E-state index contributed by atoms with van der Waals surface area (Å²) >= 11 is 0. The standard InChI is InChI=1S/C20H26O4/c1-11-16(24-10-12-6-4-3-5-7-12)15-13-8-19(11,22)20(23)9-14(15)18(2,21)17(13)20/h3-7,11,13-17,21-23H,8-10H2,1-2H3. The van der Waals surface area contributed by atoms with Crippen LogP contribution in [0.25, 0.3) is 0 Å². The molecule has 0 aliphatic heterocycles. The molecule has 3 N–H and O–H groups in total. The third-order valence-electron chi connectivity index (χ3n) is 8.02. The van der Waals surface area contributed by atoms with Crippen molar-refractivity contribution in [2.45, 2.75) is 56.2 Å². The van der Waals surface area contributed by atoms with Crippen molar-refractivity contribution < 1.29 is 20.1 Å². The molecule has 4 heteroatoms. The minimum Gasteiger partial charge on any atom is -0.389 e. The molecule has 4 saturated carbocycles. The fourth-order valence-corrected chi connectivity index (χ4v) is 7.13. The molecule has 0 saturated heterocycles. The molecule has 0 amide bonds. The van der Waals surface area contributed by atoms with Crippen LogP contribution in [0.4, 0.5) is 0 Å². The zero-order chi connectivity index (χ0) is 16.9. The Bertz CT molecular complexity index is 673. The number of hydrogen-bond acceptors (Lipinski definition) is 4. The van der Waals surface area contributed by atoms with Gasteiger partial charge in [0.05, 0.1) is 29.5 Å². The fraction of sp³-hybridized carbons (Fsp3) is 0.700. The summed E-state index contributed by atoms with van der Waals surface area (Å²) in [6.07, 6.45) is 0.974. The molecule has 4 aliphatic carbocycles. The molecular formula is C20H26O4. The van der Waals surface area contributed by atoms with Crippen LogP contribution in [0.15, 0.2) is 30.3 Å². The summed E-state index contributed by atoms with van der Waals surface area (Å²) < 4.78 is 6.31. The summed E-state index contributed by atoms with van der Waals surface area (Å²) in [6, 6.07) is 10.1. The van der Waals surface area contributed by atoms with Gasteiger partial charge in [-0.05, 0) is 43.1 Å². The lowest BCUT2D eigenvalue weighted by atomic mass is 9.68. The Morgan fingerprint density at radius 3 is 2.50 bits per heavy atom. The van der Waals surface area contributed by atoms with Crippen molar-refractivity contribution in [3.63, 3.8) is 0 Å². The second-order valence-corrected chi connectivity index (χ2v) is 8.86. The molecule has 0 aromatic heterocycles. The second kappa shape index (κ2) is 4.42. The number of rotatable bonds is 3. The van der Waals surface area contributed by atoms with Crippen LogP contribution in [0.1, 0.15) is 32.3 Å². The highest BCUT2D eigenvalue weighted by Crippen LogP contribution is 2.76. The topological polar surface area (TPSA) is 69.9 Å². The average Bonchev–Trinajstić information content (AvgIpc) is 2.93. The van der Waals surface area contributed by atoms with Crippen molar-refractivity contribution >= 4 is 0 Å². The molecule has 5 rings (SSSR count). The molecule has 1 aromatic carbocycles. The highest BCUT2D eigenvalue weighted by molar-refractivity contribution is 5.34. The SMILES string of the molecule is CC1C(OCc2ccccc2)C2C3CC1(O)C1(O)CC2C(C)(O)C31. The average molecular weight is 330 g/mol. The third-order valence-corrected chi connectivity index (χ3v) is 8.02. The Morgan fingerprint density at radius 1 is 1.08 bits per heavy atom. The lowest BCUT2D eigenvalue weighted by molar-refractivity contribution is -0.202. The Kier molecular flexibility index (Phi) is 2.82. The molecule has 9 unspecified atom stereocenters. The van der Waals surface area contributed by atoms with E-state index in [0.29, 0.717) is 19.4 Å². The van der Waals surface area contributed by atoms with Crippen molar-refractivity contribution in [2.75, 3.05) is 0 Å². The molecule has 24 heavy (non-hydrogen) atoms. The Morgan fingerprint density at radius 2 is 1.79 bits per heavy atom. The first kappa shape index (κ1) is 15.3. The first-order chi connectivity index (χ1) is 11.3. The number of ether oxygens (including phenoxy) is 1. The maximum absolute atomic E-state index is 11.4. The number of fused-ring (bicyclic) bond motifs is 4. The van der Waals surface area contributed by atoms with E-state index in [2.05, 4.69) is 0 Å². The monoisotopic (exact) mass is 330 g/mol. The summed E-state index contributed by atoms with van der Waals surface area (Å²) in [7, 11) is 0. The predicted molar refractivity (Wildman–Crippen MR) is 87.9 cm³/mol. The van der Waals surface area contributed by atoms with Gasteiger partial charge in [-0.25, -0.2) is 0 Å². The molecule has 0 spiro atoms. The number of aliphatic hydroxyl groups is 3. The lowest BCUT2D eigenvalue weighted by Crippen LogP contribution is -2.59. The number of hydrogen-bond donors (Lipinski definition) is 3. The fourth-order valence-electron chi connectivity index (χ4n) is 7.13. The van der Waals surface area contributed by atoms with Gasteiger partial charge in [-0.15, -0.1) is 0 Å².